The van der Waals surface area contributed by atoms with Crippen LogP contribution in [0.5, 0.6) is 0 Å². The standard InChI is InChI=1S/C16H19FN4O/c1-4-9-20(2)16(22)19-15(13-10-18-21(3)11-13)12-5-7-14(17)8-6-12/h4-8,10-11,15H,1,9H2,2-3H3,(H,19,22). The Balaban J connectivity index is 2.28. The summed E-state index contributed by atoms with van der Waals surface area (Å²) in [4.78, 5) is 13.7. The van der Waals surface area contributed by atoms with E-state index in [1.54, 1.807) is 43.2 Å². The molecule has 0 bridgehead atoms. The lowest BCUT2D eigenvalue weighted by molar-refractivity contribution is 0.210. The van der Waals surface area contributed by atoms with Crippen molar-refractivity contribution in [2.75, 3.05) is 13.6 Å². The molecule has 22 heavy (non-hydrogen) atoms. The molecule has 1 unspecified atom stereocenters. The third-order valence-corrected chi connectivity index (χ3v) is 3.28. The number of hydrogen-bond acceptors (Lipinski definition) is 2. The van der Waals surface area contributed by atoms with E-state index >= 15 is 0 Å². The summed E-state index contributed by atoms with van der Waals surface area (Å²) in [6.45, 7) is 4.05. The molecule has 1 atom stereocenters. The molecule has 0 aliphatic heterocycles. The number of nitrogens with one attached hydrogen (secondary N) is 1. The molecule has 1 N–H and O–H groups in total. The Morgan fingerprint density at radius 3 is 2.68 bits per heavy atom. The highest BCUT2D eigenvalue weighted by atomic mass is 19.1. The zero-order valence-corrected chi connectivity index (χ0v) is 12.7. The lowest BCUT2D eigenvalue weighted by atomic mass is 10.0. The molecule has 116 valence electrons. The second kappa shape index (κ2) is 6.89. The van der Waals surface area contributed by atoms with Gasteiger partial charge in [0.25, 0.3) is 0 Å². The van der Waals surface area contributed by atoms with Crippen molar-refractivity contribution in [3.63, 3.8) is 0 Å². The average molecular weight is 302 g/mol. The minimum Gasteiger partial charge on any atom is -0.327 e. The van der Waals surface area contributed by atoms with Crippen molar-refractivity contribution in [1.82, 2.24) is 20.0 Å². The monoisotopic (exact) mass is 302 g/mol. The molecular weight excluding hydrogens is 283 g/mol. The molecule has 2 aromatic rings. The third-order valence-electron chi connectivity index (χ3n) is 3.28. The lowest BCUT2D eigenvalue weighted by Gasteiger charge is -2.22. The summed E-state index contributed by atoms with van der Waals surface area (Å²) in [5, 5.41) is 7.06. The molecule has 0 radical (unpaired) electrons. The number of aryl methyl sites for hydroxylation is 1. The number of likely N-dealkylation sites (N-methyl/N-ethyl adjacent to an activating group) is 1. The minimum atomic E-state index is -0.394. The van der Waals surface area contributed by atoms with Gasteiger partial charge in [-0.25, -0.2) is 9.18 Å². The Morgan fingerprint density at radius 2 is 2.14 bits per heavy atom. The number of aromatic nitrogens is 2. The molecule has 1 aromatic carbocycles. The van der Waals surface area contributed by atoms with Gasteiger partial charge in [0.2, 0.25) is 0 Å². The molecule has 6 heteroatoms. The number of benzene rings is 1. The molecule has 1 heterocycles. The maximum atomic E-state index is 13.1. The number of nitrogens with zero attached hydrogens (tertiary/aromatic N) is 3. The number of rotatable bonds is 5. The SMILES string of the molecule is C=CCN(C)C(=O)NC(c1ccc(F)cc1)c1cnn(C)c1. The Kier molecular flexibility index (Phi) is 4.93. The molecule has 0 aliphatic rings. The second-order valence-electron chi connectivity index (χ2n) is 5.05. The topological polar surface area (TPSA) is 50.2 Å². The van der Waals surface area contributed by atoms with Crippen molar-refractivity contribution in [3.05, 3.63) is 66.3 Å². The highest BCUT2D eigenvalue weighted by Gasteiger charge is 2.20. The molecule has 0 saturated heterocycles. The van der Waals surface area contributed by atoms with Gasteiger partial charge >= 0.3 is 6.03 Å². The number of carbonyl (C=O) groups is 1. The van der Waals surface area contributed by atoms with Crippen molar-refractivity contribution in [2.24, 2.45) is 7.05 Å². The lowest BCUT2D eigenvalue weighted by Crippen LogP contribution is -2.39. The van der Waals surface area contributed by atoms with Crippen LogP contribution in [0, 0.1) is 5.82 Å². The summed E-state index contributed by atoms with van der Waals surface area (Å²) in [5.74, 6) is -0.316. The van der Waals surface area contributed by atoms with Gasteiger partial charge in [-0.15, -0.1) is 6.58 Å². The van der Waals surface area contributed by atoms with Crippen LogP contribution in [0.3, 0.4) is 0 Å². The largest absolute Gasteiger partial charge is 0.327 e. The van der Waals surface area contributed by atoms with E-state index in [1.165, 1.54) is 17.0 Å². The van der Waals surface area contributed by atoms with E-state index in [2.05, 4.69) is 17.0 Å². The van der Waals surface area contributed by atoms with Gasteiger partial charge in [0.15, 0.2) is 0 Å². The van der Waals surface area contributed by atoms with Gasteiger partial charge in [-0.3, -0.25) is 4.68 Å². The van der Waals surface area contributed by atoms with E-state index < -0.39 is 6.04 Å². The van der Waals surface area contributed by atoms with Crippen molar-refractivity contribution < 1.29 is 9.18 Å². The molecular formula is C16H19FN4O. The van der Waals surface area contributed by atoms with Crippen LogP contribution in [-0.2, 0) is 7.05 Å². The number of urea groups is 1. The highest BCUT2D eigenvalue weighted by Crippen LogP contribution is 2.22. The third kappa shape index (κ3) is 3.72. The number of hydrogen-bond donors (Lipinski definition) is 1. The van der Waals surface area contributed by atoms with E-state index in [9.17, 15) is 9.18 Å². The average Bonchev–Trinajstić information content (AvgIpc) is 2.92. The van der Waals surface area contributed by atoms with E-state index in [1.807, 2.05) is 6.20 Å². The fourth-order valence-electron chi connectivity index (χ4n) is 2.11. The van der Waals surface area contributed by atoms with Crippen molar-refractivity contribution in [1.29, 1.82) is 0 Å². The Bertz CT molecular complexity index is 650. The Labute approximate surface area is 129 Å². The van der Waals surface area contributed by atoms with Crippen LogP contribution < -0.4 is 5.32 Å². The van der Waals surface area contributed by atoms with Crippen LogP contribution in [0.15, 0.2) is 49.3 Å². The summed E-state index contributed by atoms with van der Waals surface area (Å²) < 4.78 is 14.8. The van der Waals surface area contributed by atoms with E-state index in [-0.39, 0.29) is 11.8 Å². The molecule has 2 amide bonds. The van der Waals surface area contributed by atoms with Crippen molar-refractivity contribution >= 4 is 6.03 Å². The van der Waals surface area contributed by atoms with Crippen LogP contribution in [0.25, 0.3) is 0 Å². The first-order valence-corrected chi connectivity index (χ1v) is 6.88. The van der Waals surface area contributed by atoms with Gasteiger partial charge in [0.05, 0.1) is 12.2 Å². The zero-order valence-electron chi connectivity index (χ0n) is 12.7. The molecule has 1 aromatic heterocycles. The first-order chi connectivity index (χ1) is 10.5. The zero-order chi connectivity index (χ0) is 16.1. The number of amides is 2. The van der Waals surface area contributed by atoms with E-state index in [0.29, 0.717) is 6.54 Å². The summed E-state index contributed by atoms with van der Waals surface area (Å²) in [5.41, 5.74) is 1.62. The fourth-order valence-corrected chi connectivity index (χ4v) is 2.11. The smallest absolute Gasteiger partial charge is 0.318 e. The first kappa shape index (κ1) is 15.8. The van der Waals surface area contributed by atoms with Crippen LogP contribution in [0.2, 0.25) is 0 Å². The minimum absolute atomic E-state index is 0.238. The van der Waals surface area contributed by atoms with E-state index in [0.717, 1.165) is 11.1 Å². The van der Waals surface area contributed by atoms with Gasteiger partial charge in [-0.1, -0.05) is 18.2 Å². The van der Waals surface area contributed by atoms with Crippen LogP contribution >= 0.6 is 0 Å². The normalized spacial score (nSPS) is 11.8. The Hall–Kier alpha value is -2.63. The summed E-state index contributed by atoms with van der Waals surface area (Å²) in [7, 11) is 3.48. The highest BCUT2D eigenvalue weighted by molar-refractivity contribution is 5.75. The molecule has 0 saturated carbocycles. The first-order valence-electron chi connectivity index (χ1n) is 6.88. The molecule has 2 rings (SSSR count). The van der Waals surface area contributed by atoms with Gasteiger partial charge in [-0.2, -0.15) is 5.10 Å². The number of halogens is 1. The molecule has 5 nitrogen and oxygen atoms in total. The van der Waals surface area contributed by atoms with Gasteiger partial charge in [0, 0.05) is 32.4 Å². The summed E-state index contributed by atoms with van der Waals surface area (Å²) in [6, 6.07) is 5.42. The molecule has 0 aliphatic carbocycles. The predicted molar refractivity (Wildman–Crippen MR) is 82.8 cm³/mol. The van der Waals surface area contributed by atoms with Crippen molar-refractivity contribution in [2.45, 2.75) is 6.04 Å². The quantitative estimate of drug-likeness (QED) is 0.863. The maximum absolute atomic E-state index is 13.1. The molecule has 0 spiro atoms. The Morgan fingerprint density at radius 1 is 1.45 bits per heavy atom. The van der Waals surface area contributed by atoms with Crippen LogP contribution in [0.1, 0.15) is 17.2 Å². The van der Waals surface area contributed by atoms with Crippen LogP contribution in [-0.4, -0.2) is 34.3 Å². The van der Waals surface area contributed by atoms with Gasteiger partial charge in [-0.05, 0) is 17.7 Å². The number of carbonyl (C=O) groups excluding carboxylic acids is 1. The summed E-state index contributed by atoms with van der Waals surface area (Å²) in [6.07, 6.45) is 5.15. The van der Waals surface area contributed by atoms with E-state index in [4.69, 9.17) is 0 Å². The fraction of sp³-hybridized carbons (Fsp3) is 0.250. The van der Waals surface area contributed by atoms with Gasteiger partial charge < -0.3 is 10.2 Å². The van der Waals surface area contributed by atoms with Gasteiger partial charge in [0.1, 0.15) is 5.82 Å². The molecule has 0 fully saturated rings. The maximum Gasteiger partial charge on any atom is 0.318 e. The summed E-state index contributed by atoms with van der Waals surface area (Å²) >= 11 is 0. The predicted octanol–water partition coefficient (Wildman–Crippen LogP) is 2.48. The van der Waals surface area contributed by atoms with Crippen molar-refractivity contribution in [3.8, 4) is 0 Å². The van der Waals surface area contributed by atoms with Crippen LogP contribution in [0.4, 0.5) is 9.18 Å². The second-order valence-corrected chi connectivity index (χ2v) is 5.05.